The molecule has 0 aliphatic heterocycles. The lowest BCUT2D eigenvalue weighted by atomic mass is 10.2. The summed E-state index contributed by atoms with van der Waals surface area (Å²) in [6.07, 6.45) is 0. The number of ether oxygens (including phenoxy) is 1. The van der Waals surface area contributed by atoms with Gasteiger partial charge in [0.2, 0.25) is 5.91 Å². The molecule has 0 aliphatic rings. The summed E-state index contributed by atoms with van der Waals surface area (Å²) in [6.45, 7) is 2.39. The minimum absolute atomic E-state index is 0.0330. The van der Waals surface area contributed by atoms with Gasteiger partial charge in [0.15, 0.2) is 12.3 Å². The highest BCUT2D eigenvalue weighted by atomic mass is 16.5. The van der Waals surface area contributed by atoms with Crippen LogP contribution < -0.4 is 27.2 Å². The first kappa shape index (κ1) is 25.0. The van der Waals surface area contributed by atoms with Crippen molar-refractivity contribution in [3.63, 3.8) is 0 Å². The molecular formula is C24H25N5O6. The summed E-state index contributed by atoms with van der Waals surface area (Å²) < 4.78 is 6.27. The van der Waals surface area contributed by atoms with Crippen molar-refractivity contribution in [3.8, 4) is 0 Å². The highest BCUT2D eigenvalue weighted by Gasteiger charge is 2.24. The summed E-state index contributed by atoms with van der Waals surface area (Å²) >= 11 is 0. The molecule has 0 atom stereocenters. The largest absolute Gasteiger partial charge is 0.452 e. The highest BCUT2D eigenvalue weighted by molar-refractivity contribution is 5.99. The van der Waals surface area contributed by atoms with Gasteiger partial charge in [-0.3, -0.25) is 23.9 Å². The number of nitrogen functional groups attached to an aromatic ring is 1. The number of H-pyrrole nitrogens is 1. The van der Waals surface area contributed by atoms with Gasteiger partial charge in [0.1, 0.15) is 5.82 Å². The summed E-state index contributed by atoms with van der Waals surface area (Å²) in [7, 11) is 0. The molecule has 4 N–H and O–H groups in total. The Morgan fingerprint density at radius 2 is 1.80 bits per heavy atom. The first-order chi connectivity index (χ1) is 16.7. The third-order valence-corrected chi connectivity index (χ3v) is 5.03. The van der Waals surface area contributed by atoms with Crippen molar-refractivity contribution < 1.29 is 19.1 Å². The molecule has 1 aromatic heterocycles. The summed E-state index contributed by atoms with van der Waals surface area (Å²) in [5.74, 6) is -1.99. The fraction of sp³-hybridized carbons (Fsp3) is 0.208. The fourth-order valence-electron chi connectivity index (χ4n) is 3.44. The number of nitrogens with one attached hydrogen (secondary N) is 2. The molecular weight excluding hydrogens is 454 g/mol. The lowest BCUT2D eigenvalue weighted by Crippen LogP contribution is -2.42. The summed E-state index contributed by atoms with van der Waals surface area (Å²) in [4.78, 5) is 64.7. The number of carbonyl (C=O) groups is 3. The molecule has 2 aromatic carbocycles. The zero-order valence-corrected chi connectivity index (χ0v) is 19.2. The van der Waals surface area contributed by atoms with Crippen LogP contribution in [-0.2, 0) is 20.9 Å². The van der Waals surface area contributed by atoms with Crippen LogP contribution in [0, 0.1) is 0 Å². The maximum absolute atomic E-state index is 12.9. The van der Waals surface area contributed by atoms with Crippen molar-refractivity contribution in [2.45, 2.75) is 20.4 Å². The first-order valence-electron chi connectivity index (χ1n) is 10.7. The van der Waals surface area contributed by atoms with E-state index in [9.17, 15) is 24.0 Å². The van der Waals surface area contributed by atoms with Gasteiger partial charge in [-0.1, -0.05) is 36.4 Å². The van der Waals surface area contributed by atoms with Crippen LogP contribution in [0.2, 0.25) is 0 Å². The number of aromatic amines is 1. The number of nitrogens with two attached hydrogens (primary N) is 1. The van der Waals surface area contributed by atoms with Crippen LogP contribution >= 0.6 is 0 Å². The molecule has 35 heavy (non-hydrogen) atoms. The molecule has 0 saturated heterocycles. The molecule has 0 radical (unpaired) electrons. The first-order valence-corrected chi connectivity index (χ1v) is 10.7. The van der Waals surface area contributed by atoms with E-state index in [2.05, 4.69) is 10.3 Å². The van der Waals surface area contributed by atoms with Crippen LogP contribution in [0.4, 0.5) is 17.2 Å². The lowest BCUT2D eigenvalue weighted by Gasteiger charge is -2.23. The zero-order chi connectivity index (χ0) is 25.5. The van der Waals surface area contributed by atoms with Crippen molar-refractivity contribution in [1.29, 1.82) is 0 Å². The molecule has 0 spiro atoms. The summed E-state index contributed by atoms with van der Waals surface area (Å²) in [5, 5.41) is 2.55. The number of likely N-dealkylation sites (N-methyl/N-ethyl adjacent to an activating group) is 1. The Morgan fingerprint density at radius 1 is 1.09 bits per heavy atom. The number of benzene rings is 2. The lowest BCUT2D eigenvalue weighted by molar-refractivity contribution is -0.121. The van der Waals surface area contributed by atoms with Crippen LogP contribution in [0.25, 0.3) is 0 Å². The van der Waals surface area contributed by atoms with Gasteiger partial charge in [-0.2, -0.15) is 0 Å². The summed E-state index contributed by atoms with van der Waals surface area (Å²) in [5.41, 5.74) is 5.69. The molecule has 182 valence electrons. The average molecular weight is 479 g/mol. The number of amides is 2. The fourth-order valence-corrected chi connectivity index (χ4v) is 3.44. The zero-order valence-electron chi connectivity index (χ0n) is 19.2. The van der Waals surface area contributed by atoms with E-state index in [1.54, 1.807) is 43.3 Å². The second-order valence-electron chi connectivity index (χ2n) is 7.54. The second kappa shape index (κ2) is 11.0. The van der Waals surface area contributed by atoms with Crippen LogP contribution in [-0.4, -0.2) is 40.5 Å². The Kier molecular flexibility index (Phi) is 7.82. The topological polar surface area (TPSA) is 157 Å². The van der Waals surface area contributed by atoms with Gasteiger partial charge in [0, 0.05) is 19.2 Å². The quantitative estimate of drug-likeness (QED) is 0.412. The second-order valence-corrected chi connectivity index (χ2v) is 7.54. The molecule has 11 heteroatoms. The molecule has 0 saturated carbocycles. The Balaban J connectivity index is 1.80. The van der Waals surface area contributed by atoms with E-state index in [-0.39, 0.29) is 36.1 Å². The Morgan fingerprint density at radius 3 is 2.46 bits per heavy atom. The van der Waals surface area contributed by atoms with Crippen LogP contribution in [0.3, 0.4) is 0 Å². The van der Waals surface area contributed by atoms with Gasteiger partial charge in [-0.05, 0) is 30.7 Å². The maximum atomic E-state index is 12.9. The number of carbonyl (C=O) groups excluding carboxylic acids is 3. The van der Waals surface area contributed by atoms with E-state index in [1.807, 2.05) is 6.07 Å². The molecule has 3 aromatic rings. The minimum Gasteiger partial charge on any atom is -0.452 e. The standard InChI is InChI=1S/C24H25N5O6/c1-3-28(19(31)14-35-23(33)17-10-7-11-18(12-17)26-15(2)30)20-21(25)29(24(34)27-22(20)32)13-16-8-5-4-6-9-16/h4-12H,3,13-14,25H2,1-2H3,(H,26,30)(H,27,32,34). The van der Waals surface area contributed by atoms with Crippen molar-refractivity contribution >= 4 is 35.0 Å². The smallest absolute Gasteiger partial charge is 0.338 e. The highest BCUT2D eigenvalue weighted by Crippen LogP contribution is 2.18. The third kappa shape index (κ3) is 6.02. The van der Waals surface area contributed by atoms with Gasteiger partial charge in [-0.15, -0.1) is 0 Å². The van der Waals surface area contributed by atoms with Crippen LogP contribution in [0.1, 0.15) is 29.8 Å². The predicted octanol–water partition coefficient (Wildman–Crippen LogP) is 1.34. The number of rotatable bonds is 8. The van der Waals surface area contributed by atoms with E-state index < -0.39 is 29.7 Å². The molecule has 2 amide bonds. The minimum atomic E-state index is -0.832. The van der Waals surface area contributed by atoms with E-state index >= 15 is 0 Å². The number of hydrogen-bond acceptors (Lipinski definition) is 7. The monoisotopic (exact) mass is 479 g/mol. The van der Waals surface area contributed by atoms with Gasteiger partial charge >= 0.3 is 11.7 Å². The number of aromatic nitrogens is 2. The summed E-state index contributed by atoms with van der Waals surface area (Å²) in [6, 6.07) is 15.0. The van der Waals surface area contributed by atoms with E-state index in [0.717, 1.165) is 15.0 Å². The molecule has 0 unspecified atom stereocenters. The third-order valence-electron chi connectivity index (χ3n) is 5.03. The maximum Gasteiger partial charge on any atom is 0.338 e. The van der Waals surface area contributed by atoms with Crippen molar-refractivity contribution in [1.82, 2.24) is 9.55 Å². The number of esters is 1. The Labute approximate surface area is 200 Å². The normalized spacial score (nSPS) is 10.5. The number of nitrogens with zero attached hydrogens (tertiary/aromatic N) is 2. The molecule has 0 aliphatic carbocycles. The van der Waals surface area contributed by atoms with Crippen LogP contribution in [0.5, 0.6) is 0 Å². The van der Waals surface area contributed by atoms with Crippen LogP contribution in [0.15, 0.2) is 64.2 Å². The van der Waals surface area contributed by atoms with E-state index in [4.69, 9.17) is 10.5 Å². The van der Waals surface area contributed by atoms with Crippen molar-refractivity contribution in [3.05, 3.63) is 86.6 Å². The molecule has 1 heterocycles. The molecule has 0 bridgehead atoms. The molecule has 3 rings (SSSR count). The Hall–Kier alpha value is -4.67. The van der Waals surface area contributed by atoms with E-state index in [1.165, 1.54) is 19.1 Å². The van der Waals surface area contributed by atoms with Crippen molar-refractivity contribution in [2.75, 3.05) is 29.1 Å². The van der Waals surface area contributed by atoms with Gasteiger partial charge in [0.25, 0.3) is 11.5 Å². The molecule has 11 nitrogen and oxygen atoms in total. The Bertz CT molecular complexity index is 1360. The average Bonchev–Trinajstić information content (AvgIpc) is 2.83. The van der Waals surface area contributed by atoms with E-state index in [0.29, 0.717) is 5.69 Å². The predicted molar refractivity (Wildman–Crippen MR) is 130 cm³/mol. The van der Waals surface area contributed by atoms with Gasteiger partial charge in [-0.25, -0.2) is 9.59 Å². The molecule has 0 fully saturated rings. The SMILES string of the molecule is CCN(C(=O)COC(=O)c1cccc(NC(C)=O)c1)c1c(N)n(Cc2ccccc2)c(=O)[nH]c1=O. The number of hydrogen-bond donors (Lipinski definition) is 3. The van der Waals surface area contributed by atoms with Gasteiger partial charge < -0.3 is 20.7 Å². The van der Waals surface area contributed by atoms with Gasteiger partial charge in [0.05, 0.1) is 12.1 Å². The van der Waals surface area contributed by atoms with Crippen molar-refractivity contribution in [2.24, 2.45) is 0 Å². The number of anilines is 3.